The van der Waals surface area contributed by atoms with Gasteiger partial charge in [-0.05, 0) is 25.1 Å². The maximum absolute atomic E-state index is 11.5. The summed E-state index contributed by atoms with van der Waals surface area (Å²) in [6.07, 6.45) is 3.19. The Kier molecular flexibility index (Phi) is 3.40. The Bertz CT molecular complexity index is 514. The van der Waals surface area contributed by atoms with Gasteiger partial charge in [0.2, 0.25) is 5.82 Å². The summed E-state index contributed by atoms with van der Waals surface area (Å²) in [6.45, 7) is 2.04. The van der Waals surface area contributed by atoms with Gasteiger partial charge in [-0.15, -0.1) is 0 Å². The van der Waals surface area contributed by atoms with Crippen molar-refractivity contribution in [2.24, 2.45) is 0 Å². The molecule has 0 unspecified atom stereocenters. The second-order valence-corrected chi connectivity index (χ2v) is 3.20. The number of carbonyl (C=O) groups is 1. The van der Waals surface area contributed by atoms with E-state index in [1.165, 1.54) is 6.20 Å². The minimum atomic E-state index is -0.523. The minimum Gasteiger partial charge on any atom is -0.460 e. The first kappa shape index (κ1) is 11.2. The molecule has 0 bridgehead atoms. The SMILES string of the molecule is CCOC(=O)c1nccc(-c2ccccn2)n1. The fraction of sp³-hybridized carbons (Fsp3) is 0.167. The minimum absolute atomic E-state index is 0.0509. The second kappa shape index (κ2) is 5.16. The van der Waals surface area contributed by atoms with Crippen molar-refractivity contribution in [3.05, 3.63) is 42.5 Å². The highest BCUT2D eigenvalue weighted by Crippen LogP contribution is 2.12. The number of pyridine rings is 1. The molecule has 5 heteroatoms. The highest BCUT2D eigenvalue weighted by atomic mass is 16.5. The molecule has 2 aromatic heterocycles. The third-order valence-corrected chi connectivity index (χ3v) is 2.04. The van der Waals surface area contributed by atoms with Gasteiger partial charge in [0.1, 0.15) is 0 Å². The number of nitrogens with zero attached hydrogens (tertiary/aromatic N) is 3. The summed E-state index contributed by atoms with van der Waals surface area (Å²) in [5.41, 5.74) is 1.30. The standard InChI is InChI=1S/C12H11N3O2/c1-2-17-12(16)11-14-8-6-10(15-11)9-5-3-4-7-13-9/h3-8H,2H2,1H3. The molecule has 0 radical (unpaired) electrons. The third-order valence-electron chi connectivity index (χ3n) is 2.04. The van der Waals surface area contributed by atoms with Crippen LogP contribution in [0.3, 0.4) is 0 Å². The van der Waals surface area contributed by atoms with Crippen molar-refractivity contribution in [3.8, 4) is 11.4 Å². The van der Waals surface area contributed by atoms with Crippen molar-refractivity contribution in [3.63, 3.8) is 0 Å². The Morgan fingerprint density at radius 3 is 2.76 bits per heavy atom. The number of hydrogen-bond donors (Lipinski definition) is 0. The van der Waals surface area contributed by atoms with Crippen LogP contribution in [0.5, 0.6) is 0 Å². The number of carbonyl (C=O) groups excluding carboxylic acids is 1. The molecule has 0 N–H and O–H groups in total. The van der Waals surface area contributed by atoms with Gasteiger partial charge in [-0.25, -0.2) is 14.8 Å². The lowest BCUT2D eigenvalue weighted by Crippen LogP contribution is -2.09. The van der Waals surface area contributed by atoms with Crippen LogP contribution in [-0.4, -0.2) is 27.5 Å². The van der Waals surface area contributed by atoms with Gasteiger partial charge in [-0.1, -0.05) is 6.07 Å². The molecule has 0 saturated carbocycles. The predicted octanol–water partition coefficient (Wildman–Crippen LogP) is 1.72. The summed E-state index contributed by atoms with van der Waals surface area (Å²) >= 11 is 0. The first-order valence-corrected chi connectivity index (χ1v) is 5.23. The molecule has 0 atom stereocenters. The van der Waals surface area contributed by atoms with E-state index >= 15 is 0 Å². The molecule has 0 spiro atoms. The van der Waals surface area contributed by atoms with Crippen molar-refractivity contribution < 1.29 is 9.53 Å². The van der Waals surface area contributed by atoms with Crippen LogP contribution in [0.15, 0.2) is 36.7 Å². The van der Waals surface area contributed by atoms with Gasteiger partial charge in [0, 0.05) is 12.4 Å². The van der Waals surface area contributed by atoms with E-state index < -0.39 is 5.97 Å². The molecule has 0 aromatic carbocycles. The summed E-state index contributed by atoms with van der Waals surface area (Å²) in [7, 11) is 0. The van der Waals surface area contributed by atoms with E-state index in [4.69, 9.17) is 4.74 Å². The quantitative estimate of drug-likeness (QED) is 0.750. The molecule has 0 aliphatic heterocycles. The molecule has 86 valence electrons. The zero-order chi connectivity index (χ0) is 12.1. The molecular formula is C12H11N3O2. The molecule has 2 aromatic rings. The van der Waals surface area contributed by atoms with Crippen LogP contribution in [0.1, 0.15) is 17.5 Å². The molecule has 2 rings (SSSR count). The Labute approximate surface area is 98.5 Å². The number of ether oxygens (including phenoxy) is 1. The Hall–Kier alpha value is -2.30. The average Bonchev–Trinajstić information content (AvgIpc) is 2.40. The maximum Gasteiger partial charge on any atom is 0.376 e. The molecule has 0 amide bonds. The zero-order valence-electron chi connectivity index (χ0n) is 9.33. The maximum atomic E-state index is 11.5. The smallest absolute Gasteiger partial charge is 0.376 e. The van der Waals surface area contributed by atoms with E-state index in [0.717, 1.165) is 0 Å². The van der Waals surface area contributed by atoms with Gasteiger partial charge in [-0.2, -0.15) is 0 Å². The summed E-state index contributed by atoms with van der Waals surface area (Å²) in [6, 6.07) is 7.19. The summed E-state index contributed by atoms with van der Waals surface area (Å²) < 4.78 is 4.83. The fourth-order valence-corrected chi connectivity index (χ4v) is 1.31. The third kappa shape index (κ3) is 2.63. The molecule has 17 heavy (non-hydrogen) atoms. The first-order valence-electron chi connectivity index (χ1n) is 5.23. The lowest BCUT2D eigenvalue weighted by atomic mass is 10.2. The monoisotopic (exact) mass is 229 g/mol. The van der Waals surface area contributed by atoms with E-state index in [1.807, 2.05) is 18.2 Å². The molecule has 0 fully saturated rings. The number of rotatable bonds is 3. The molecule has 5 nitrogen and oxygen atoms in total. The second-order valence-electron chi connectivity index (χ2n) is 3.20. The molecule has 0 aliphatic rings. The lowest BCUT2D eigenvalue weighted by molar-refractivity contribution is 0.0512. The van der Waals surface area contributed by atoms with Crippen LogP contribution in [0.4, 0.5) is 0 Å². The van der Waals surface area contributed by atoms with Gasteiger partial charge in [0.05, 0.1) is 18.0 Å². The van der Waals surface area contributed by atoms with Crippen molar-refractivity contribution >= 4 is 5.97 Å². The first-order chi connectivity index (χ1) is 8.31. The molecule has 2 heterocycles. The normalized spacial score (nSPS) is 9.94. The highest BCUT2D eigenvalue weighted by Gasteiger charge is 2.11. The van der Waals surface area contributed by atoms with Crippen LogP contribution >= 0.6 is 0 Å². The van der Waals surface area contributed by atoms with E-state index in [-0.39, 0.29) is 5.82 Å². The number of esters is 1. The summed E-state index contributed by atoms with van der Waals surface area (Å²) in [5, 5.41) is 0. The predicted molar refractivity (Wildman–Crippen MR) is 61.2 cm³/mol. The van der Waals surface area contributed by atoms with Crippen LogP contribution in [-0.2, 0) is 4.74 Å². The zero-order valence-corrected chi connectivity index (χ0v) is 9.33. The van der Waals surface area contributed by atoms with Crippen molar-refractivity contribution in [2.45, 2.75) is 6.92 Å². The molecule has 0 saturated heterocycles. The average molecular weight is 229 g/mol. The van der Waals surface area contributed by atoms with Crippen molar-refractivity contribution in [2.75, 3.05) is 6.61 Å². The van der Waals surface area contributed by atoms with Crippen LogP contribution in [0, 0.1) is 0 Å². The van der Waals surface area contributed by atoms with Crippen molar-refractivity contribution in [1.29, 1.82) is 0 Å². The van der Waals surface area contributed by atoms with Gasteiger partial charge in [0.25, 0.3) is 0 Å². The lowest BCUT2D eigenvalue weighted by Gasteiger charge is -2.02. The topological polar surface area (TPSA) is 65.0 Å². The fourth-order valence-electron chi connectivity index (χ4n) is 1.31. The Morgan fingerprint density at radius 1 is 1.18 bits per heavy atom. The van der Waals surface area contributed by atoms with E-state index in [2.05, 4.69) is 15.0 Å². The van der Waals surface area contributed by atoms with Gasteiger partial charge >= 0.3 is 5.97 Å². The summed E-state index contributed by atoms with van der Waals surface area (Å²) in [4.78, 5) is 23.6. The highest BCUT2D eigenvalue weighted by molar-refractivity contribution is 5.85. The van der Waals surface area contributed by atoms with Crippen LogP contribution in [0.2, 0.25) is 0 Å². The van der Waals surface area contributed by atoms with Crippen molar-refractivity contribution in [1.82, 2.24) is 15.0 Å². The summed E-state index contributed by atoms with van der Waals surface area (Å²) in [5.74, 6) is -0.472. The number of aromatic nitrogens is 3. The molecular weight excluding hydrogens is 218 g/mol. The van der Waals surface area contributed by atoms with E-state index in [0.29, 0.717) is 18.0 Å². The van der Waals surface area contributed by atoms with E-state index in [1.54, 1.807) is 19.2 Å². The van der Waals surface area contributed by atoms with E-state index in [9.17, 15) is 4.79 Å². The van der Waals surface area contributed by atoms with Gasteiger partial charge in [-0.3, -0.25) is 4.98 Å². The Morgan fingerprint density at radius 2 is 2.06 bits per heavy atom. The van der Waals surface area contributed by atoms with Gasteiger partial charge in [0.15, 0.2) is 0 Å². The van der Waals surface area contributed by atoms with Gasteiger partial charge < -0.3 is 4.74 Å². The number of hydrogen-bond acceptors (Lipinski definition) is 5. The largest absolute Gasteiger partial charge is 0.460 e. The Balaban J connectivity index is 2.32. The molecule has 0 aliphatic carbocycles. The van der Waals surface area contributed by atoms with Crippen LogP contribution in [0.25, 0.3) is 11.4 Å². The van der Waals surface area contributed by atoms with Crippen LogP contribution < -0.4 is 0 Å².